The van der Waals surface area contributed by atoms with Crippen LogP contribution in [0.25, 0.3) is 0 Å². The molecule has 1 N–H and O–H groups in total. The molecule has 6 nitrogen and oxygen atoms in total. The molecule has 3 heterocycles. The lowest BCUT2D eigenvalue weighted by atomic mass is 9.97. The van der Waals surface area contributed by atoms with Crippen LogP contribution in [0.15, 0.2) is 5.38 Å². The number of hydrogen-bond donors (Lipinski definition) is 1. The van der Waals surface area contributed by atoms with Crippen molar-refractivity contribution < 1.29 is 14.3 Å². The van der Waals surface area contributed by atoms with Crippen LogP contribution >= 0.6 is 11.3 Å². The van der Waals surface area contributed by atoms with E-state index in [0.29, 0.717) is 25.7 Å². The SMILES string of the molecule is O=C(NCCc1csc(C2CCCN(C(=O)C3CCOC3)C2)n1)C1CC1. The first-order valence-electron chi connectivity index (χ1n) is 9.79. The molecule has 1 aromatic heterocycles. The third kappa shape index (κ3) is 4.26. The van der Waals surface area contributed by atoms with Crippen LogP contribution < -0.4 is 5.32 Å². The number of nitrogens with zero attached hydrogens (tertiary/aromatic N) is 2. The van der Waals surface area contributed by atoms with E-state index in [4.69, 9.17) is 9.72 Å². The summed E-state index contributed by atoms with van der Waals surface area (Å²) in [5.41, 5.74) is 1.05. The van der Waals surface area contributed by atoms with E-state index in [0.717, 1.165) is 62.3 Å². The number of nitrogens with one attached hydrogen (secondary N) is 1. The molecule has 2 atom stereocenters. The van der Waals surface area contributed by atoms with E-state index in [1.54, 1.807) is 11.3 Å². The minimum atomic E-state index is 0.0516. The van der Waals surface area contributed by atoms with Crippen LogP contribution in [0, 0.1) is 11.8 Å². The third-order valence-corrected chi connectivity index (χ3v) is 6.62. The van der Waals surface area contributed by atoms with Crippen molar-refractivity contribution in [2.24, 2.45) is 11.8 Å². The normalized spacial score (nSPS) is 26.1. The van der Waals surface area contributed by atoms with Gasteiger partial charge in [-0.3, -0.25) is 9.59 Å². The van der Waals surface area contributed by atoms with Crippen LogP contribution in [0.5, 0.6) is 0 Å². The fourth-order valence-electron chi connectivity index (χ4n) is 3.79. The van der Waals surface area contributed by atoms with Crippen molar-refractivity contribution in [2.45, 2.75) is 44.4 Å². The van der Waals surface area contributed by atoms with Crippen molar-refractivity contribution in [3.8, 4) is 0 Å². The highest BCUT2D eigenvalue weighted by atomic mass is 32.1. The Morgan fingerprint density at radius 1 is 1.27 bits per heavy atom. The molecule has 0 bridgehead atoms. The highest BCUT2D eigenvalue weighted by Gasteiger charge is 2.32. The zero-order valence-corrected chi connectivity index (χ0v) is 15.9. The van der Waals surface area contributed by atoms with Crippen LogP contribution in [0.3, 0.4) is 0 Å². The van der Waals surface area contributed by atoms with Crippen molar-refractivity contribution in [3.05, 3.63) is 16.1 Å². The highest BCUT2D eigenvalue weighted by Crippen LogP contribution is 2.31. The van der Waals surface area contributed by atoms with Gasteiger partial charge in [0.05, 0.1) is 23.2 Å². The molecular weight excluding hydrogens is 350 g/mol. The van der Waals surface area contributed by atoms with Gasteiger partial charge < -0.3 is 15.0 Å². The number of amides is 2. The predicted molar refractivity (Wildman–Crippen MR) is 99.0 cm³/mol. The monoisotopic (exact) mass is 377 g/mol. The number of thiazole rings is 1. The fraction of sp³-hybridized carbons (Fsp3) is 0.737. The van der Waals surface area contributed by atoms with Gasteiger partial charge in [-0.2, -0.15) is 0 Å². The molecule has 3 aliphatic rings. The van der Waals surface area contributed by atoms with Crippen molar-refractivity contribution in [3.63, 3.8) is 0 Å². The van der Waals surface area contributed by atoms with Crippen molar-refractivity contribution in [2.75, 3.05) is 32.8 Å². The average Bonchev–Trinajstić information content (AvgIpc) is 3.18. The van der Waals surface area contributed by atoms with Crippen LogP contribution in [0.4, 0.5) is 0 Å². The largest absolute Gasteiger partial charge is 0.381 e. The van der Waals surface area contributed by atoms with Gasteiger partial charge in [0.25, 0.3) is 0 Å². The zero-order chi connectivity index (χ0) is 17.9. The lowest BCUT2D eigenvalue weighted by Gasteiger charge is -2.33. The highest BCUT2D eigenvalue weighted by molar-refractivity contribution is 7.09. The van der Waals surface area contributed by atoms with Gasteiger partial charge in [0.1, 0.15) is 0 Å². The summed E-state index contributed by atoms with van der Waals surface area (Å²) in [5.74, 6) is 1.10. The molecule has 2 unspecified atom stereocenters. The Bertz CT molecular complexity index is 652. The zero-order valence-electron chi connectivity index (χ0n) is 15.1. The molecule has 0 aromatic carbocycles. The lowest BCUT2D eigenvalue weighted by Crippen LogP contribution is -2.42. The summed E-state index contributed by atoms with van der Waals surface area (Å²) in [6.45, 7) is 3.59. The lowest BCUT2D eigenvalue weighted by molar-refractivity contribution is -0.136. The van der Waals surface area contributed by atoms with Crippen molar-refractivity contribution >= 4 is 23.2 Å². The van der Waals surface area contributed by atoms with Crippen molar-refractivity contribution in [1.29, 1.82) is 0 Å². The first-order chi connectivity index (χ1) is 12.7. The molecular formula is C19H27N3O3S. The third-order valence-electron chi connectivity index (χ3n) is 5.56. The second-order valence-corrected chi connectivity index (χ2v) is 8.57. The van der Waals surface area contributed by atoms with Crippen LogP contribution in [0.1, 0.15) is 48.7 Å². The quantitative estimate of drug-likeness (QED) is 0.823. The molecule has 0 radical (unpaired) electrons. The average molecular weight is 378 g/mol. The first kappa shape index (κ1) is 17.9. The van der Waals surface area contributed by atoms with Crippen LogP contribution in [0.2, 0.25) is 0 Å². The summed E-state index contributed by atoms with van der Waals surface area (Å²) >= 11 is 1.69. The smallest absolute Gasteiger partial charge is 0.228 e. The molecule has 7 heteroatoms. The minimum Gasteiger partial charge on any atom is -0.381 e. The van der Waals surface area contributed by atoms with Gasteiger partial charge in [-0.1, -0.05) is 0 Å². The summed E-state index contributed by atoms with van der Waals surface area (Å²) < 4.78 is 5.37. The summed E-state index contributed by atoms with van der Waals surface area (Å²) in [4.78, 5) is 31.1. The molecule has 1 aliphatic carbocycles. The minimum absolute atomic E-state index is 0.0516. The van der Waals surface area contributed by atoms with Gasteiger partial charge in [0, 0.05) is 49.9 Å². The maximum Gasteiger partial charge on any atom is 0.228 e. The molecule has 2 amide bonds. The predicted octanol–water partition coefficient (Wildman–Crippen LogP) is 1.95. The van der Waals surface area contributed by atoms with E-state index in [9.17, 15) is 9.59 Å². The van der Waals surface area contributed by atoms with Crippen LogP contribution in [-0.2, 0) is 20.7 Å². The number of hydrogen-bond acceptors (Lipinski definition) is 5. The second-order valence-electron chi connectivity index (χ2n) is 7.68. The van der Waals surface area contributed by atoms with E-state index >= 15 is 0 Å². The molecule has 26 heavy (non-hydrogen) atoms. The molecule has 142 valence electrons. The van der Waals surface area contributed by atoms with E-state index in [-0.39, 0.29) is 23.7 Å². The molecule has 1 aromatic rings. The maximum absolute atomic E-state index is 12.6. The second kappa shape index (κ2) is 8.05. The van der Waals surface area contributed by atoms with Gasteiger partial charge in [-0.15, -0.1) is 11.3 Å². The number of likely N-dealkylation sites (tertiary alicyclic amines) is 1. The van der Waals surface area contributed by atoms with Gasteiger partial charge in [0.2, 0.25) is 11.8 Å². The molecule has 0 spiro atoms. The maximum atomic E-state index is 12.6. The number of piperidine rings is 1. The van der Waals surface area contributed by atoms with Gasteiger partial charge in [-0.25, -0.2) is 4.98 Å². The topological polar surface area (TPSA) is 71.5 Å². The Morgan fingerprint density at radius 3 is 2.92 bits per heavy atom. The van der Waals surface area contributed by atoms with E-state index in [1.807, 2.05) is 4.90 Å². The summed E-state index contributed by atoms with van der Waals surface area (Å²) in [7, 11) is 0. The van der Waals surface area contributed by atoms with Crippen LogP contribution in [-0.4, -0.2) is 54.5 Å². The van der Waals surface area contributed by atoms with Crippen molar-refractivity contribution in [1.82, 2.24) is 15.2 Å². The Balaban J connectivity index is 1.28. The molecule has 2 saturated heterocycles. The molecule has 1 saturated carbocycles. The number of aromatic nitrogens is 1. The summed E-state index contributed by atoms with van der Waals surface area (Å²) in [5, 5.41) is 6.23. The van der Waals surface area contributed by atoms with Gasteiger partial charge in [-0.05, 0) is 32.1 Å². The van der Waals surface area contributed by atoms with E-state index in [1.165, 1.54) is 0 Å². The van der Waals surface area contributed by atoms with E-state index < -0.39 is 0 Å². The Morgan fingerprint density at radius 2 is 2.15 bits per heavy atom. The number of rotatable bonds is 6. The first-order valence-corrected chi connectivity index (χ1v) is 10.7. The fourth-order valence-corrected chi connectivity index (χ4v) is 4.78. The standard InChI is InChI=1S/C19H27N3O3S/c23-17(13-3-4-13)20-7-5-16-12-26-18(21-16)14-2-1-8-22(10-14)19(24)15-6-9-25-11-15/h12-15H,1-11H2,(H,20,23). The van der Waals surface area contributed by atoms with E-state index in [2.05, 4.69) is 10.7 Å². The summed E-state index contributed by atoms with van der Waals surface area (Å²) in [6.07, 6.45) is 5.84. The number of carbonyl (C=O) groups excluding carboxylic acids is 2. The van der Waals surface area contributed by atoms with Gasteiger partial charge in [0.15, 0.2) is 0 Å². The number of carbonyl (C=O) groups is 2. The number of ether oxygens (including phenoxy) is 1. The van der Waals surface area contributed by atoms with Gasteiger partial charge >= 0.3 is 0 Å². The Hall–Kier alpha value is -1.47. The Labute approximate surface area is 158 Å². The Kier molecular flexibility index (Phi) is 5.55. The molecule has 2 aliphatic heterocycles. The molecule has 3 fully saturated rings. The molecule has 4 rings (SSSR count). The summed E-state index contributed by atoms with van der Waals surface area (Å²) in [6, 6.07) is 0.